The van der Waals surface area contributed by atoms with Gasteiger partial charge in [0.2, 0.25) is 5.91 Å². The number of likely N-dealkylation sites (N-methyl/N-ethyl adjacent to an activating group) is 1. The van der Waals surface area contributed by atoms with Crippen LogP contribution in [0.25, 0.3) is 0 Å². The fourth-order valence-electron chi connectivity index (χ4n) is 3.94. The number of benzene rings is 3. The van der Waals surface area contributed by atoms with Gasteiger partial charge < -0.3 is 15.0 Å². The van der Waals surface area contributed by atoms with Crippen molar-refractivity contribution >= 4 is 35.0 Å². The molecular weight excluding hydrogens is 483 g/mol. The van der Waals surface area contributed by atoms with Crippen molar-refractivity contribution < 1.29 is 14.3 Å². The minimum Gasteiger partial charge on any atom is -0.484 e. The van der Waals surface area contributed by atoms with Gasteiger partial charge in [-0.05, 0) is 61.7 Å². The molecule has 3 aromatic rings. The molecule has 0 spiro atoms. The zero-order valence-corrected chi connectivity index (χ0v) is 21.7. The molecule has 1 N–H and O–H groups in total. The van der Waals surface area contributed by atoms with E-state index in [4.69, 9.17) is 27.9 Å². The predicted octanol–water partition coefficient (Wildman–Crippen LogP) is 5.77. The first-order valence-electron chi connectivity index (χ1n) is 11.5. The highest BCUT2D eigenvalue weighted by molar-refractivity contribution is 6.36. The summed E-state index contributed by atoms with van der Waals surface area (Å²) in [5, 5.41) is 3.73. The lowest BCUT2D eigenvalue weighted by Gasteiger charge is -2.32. The summed E-state index contributed by atoms with van der Waals surface area (Å²) < 4.78 is 5.86. The monoisotopic (exact) mass is 512 g/mol. The first kappa shape index (κ1) is 26.6. The lowest BCUT2D eigenvalue weighted by atomic mass is 10.0. The molecule has 0 unspecified atom stereocenters. The van der Waals surface area contributed by atoms with Crippen molar-refractivity contribution in [1.29, 1.82) is 0 Å². The van der Waals surface area contributed by atoms with E-state index in [2.05, 4.69) is 5.32 Å². The molecule has 3 aromatic carbocycles. The fourth-order valence-corrected chi connectivity index (χ4v) is 4.46. The molecule has 0 radical (unpaired) electrons. The molecule has 5 nitrogen and oxygen atoms in total. The third kappa shape index (κ3) is 7.48. The molecule has 0 heterocycles. The summed E-state index contributed by atoms with van der Waals surface area (Å²) in [4.78, 5) is 28.3. The summed E-state index contributed by atoms with van der Waals surface area (Å²) in [7, 11) is 0. The zero-order chi connectivity index (χ0) is 25.4. The third-order valence-corrected chi connectivity index (χ3v) is 6.28. The second kappa shape index (κ2) is 12.6. The van der Waals surface area contributed by atoms with E-state index in [-0.39, 0.29) is 25.0 Å². The van der Waals surface area contributed by atoms with Gasteiger partial charge >= 0.3 is 0 Å². The van der Waals surface area contributed by atoms with Gasteiger partial charge in [0.1, 0.15) is 11.8 Å². The van der Waals surface area contributed by atoms with Crippen LogP contribution in [0.2, 0.25) is 10.0 Å². The van der Waals surface area contributed by atoms with Gasteiger partial charge in [0.15, 0.2) is 6.61 Å². The Morgan fingerprint density at radius 1 is 0.943 bits per heavy atom. The van der Waals surface area contributed by atoms with Gasteiger partial charge in [-0.3, -0.25) is 9.59 Å². The molecule has 0 aliphatic rings. The van der Waals surface area contributed by atoms with E-state index in [0.717, 1.165) is 16.7 Å². The molecule has 0 saturated carbocycles. The fraction of sp³-hybridized carbons (Fsp3) is 0.286. The molecule has 0 saturated heterocycles. The van der Waals surface area contributed by atoms with E-state index in [1.165, 1.54) is 4.90 Å². The number of rotatable bonds is 10. The van der Waals surface area contributed by atoms with E-state index in [1.807, 2.05) is 69.3 Å². The number of carbonyl (C=O) groups is 2. The van der Waals surface area contributed by atoms with E-state index in [9.17, 15) is 9.59 Å². The molecule has 7 heteroatoms. The Balaban J connectivity index is 1.95. The summed E-state index contributed by atoms with van der Waals surface area (Å²) in [6.45, 7) is 6.07. The number of hydrogen-bond acceptors (Lipinski definition) is 3. The van der Waals surface area contributed by atoms with Crippen molar-refractivity contribution in [3.8, 4) is 5.75 Å². The van der Waals surface area contributed by atoms with Gasteiger partial charge in [-0.25, -0.2) is 0 Å². The molecular formula is C28H30Cl2N2O3. The maximum atomic E-state index is 13.6. The van der Waals surface area contributed by atoms with Gasteiger partial charge in [0.25, 0.3) is 5.91 Å². The van der Waals surface area contributed by atoms with Crippen molar-refractivity contribution in [2.24, 2.45) is 0 Å². The molecule has 0 fully saturated rings. The summed E-state index contributed by atoms with van der Waals surface area (Å²) in [5.41, 5.74) is 3.59. The number of nitrogens with zero attached hydrogens (tertiary/aromatic N) is 1. The Morgan fingerprint density at radius 3 is 2.17 bits per heavy atom. The van der Waals surface area contributed by atoms with E-state index >= 15 is 0 Å². The average molecular weight is 513 g/mol. The third-order valence-electron chi connectivity index (χ3n) is 5.57. The quantitative estimate of drug-likeness (QED) is 0.375. The highest BCUT2D eigenvalue weighted by atomic mass is 35.5. The summed E-state index contributed by atoms with van der Waals surface area (Å²) >= 11 is 12.9. The van der Waals surface area contributed by atoms with Crippen molar-refractivity contribution in [3.63, 3.8) is 0 Å². The van der Waals surface area contributed by atoms with Crippen LogP contribution >= 0.6 is 23.2 Å². The number of nitrogens with one attached hydrogen (secondary N) is 1. The van der Waals surface area contributed by atoms with Crippen LogP contribution < -0.4 is 10.1 Å². The smallest absolute Gasteiger partial charge is 0.261 e. The Morgan fingerprint density at radius 2 is 1.57 bits per heavy atom. The summed E-state index contributed by atoms with van der Waals surface area (Å²) in [5.74, 6) is 0.0100. The molecule has 35 heavy (non-hydrogen) atoms. The van der Waals surface area contributed by atoms with Crippen LogP contribution in [0, 0.1) is 13.8 Å². The standard InChI is InChI=1S/C28H30Cl2N2O3/c1-4-31-28(34)26(16-21-9-6-5-7-10-21)32(17-23-24(29)11-8-12-25(23)30)27(33)18-35-22-14-19(2)13-20(3)15-22/h5-15,26H,4,16-18H2,1-3H3,(H,31,34)/t26-/m0/s1. The maximum absolute atomic E-state index is 13.6. The number of carbonyl (C=O) groups excluding carboxylic acids is 2. The second-order valence-electron chi connectivity index (χ2n) is 8.43. The Bertz CT molecular complexity index is 1130. The summed E-state index contributed by atoms with van der Waals surface area (Å²) in [6.07, 6.45) is 0.337. The number of halogens is 2. The van der Waals surface area contributed by atoms with Crippen molar-refractivity contribution in [3.05, 3.63) is 99.0 Å². The number of hydrogen-bond donors (Lipinski definition) is 1. The molecule has 1 atom stereocenters. The minimum atomic E-state index is -0.778. The van der Waals surface area contributed by atoms with Crippen molar-refractivity contribution in [1.82, 2.24) is 10.2 Å². The van der Waals surface area contributed by atoms with Gasteiger partial charge in [0, 0.05) is 35.1 Å². The van der Waals surface area contributed by atoms with Gasteiger partial charge in [0.05, 0.1) is 0 Å². The topological polar surface area (TPSA) is 58.6 Å². The molecule has 0 aromatic heterocycles. The average Bonchev–Trinajstić information content (AvgIpc) is 2.81. The SMILES string of the molecule is CCNC(=O)[C@H](Cc1ccccc1)N(Cc1c(Cl)cccc1Cl)C(=O)COc1cc(C)cc(C)c1. The Kier molecular flexibility index (Phi) is 9.58. The lowest BCUT2D eigenvalue weighted by Crippen LogP contribution is -2.51. The van der Waals surface area contributed by atoms with Crippen LogP contribution in [-0.4, -0.2) is 35.9 Å². The largest absolute Gasteiger partial charge is 0.484 e. The van der Waals surface area contributed by atoms with Gasteiger partial charge in [-0.15, -0.1) is 0 Å². The van der Waals surface area contributed by atoms with Gasteiger partial charge in [-0.1, -0.05) is 65.7 Å². The number of amides is 2. The molecule has 0 bridgehead atoms. The zero-order valence-electron chi connectivity index (χ0n) is 20.2. The lowest BCUT2D eigenvalue weighted by molar-refractivity contribution is -0.142. The van der Waals surface area contributed by atoms with Crippen LogP contribution in [-0.2, 0) is 22.6 Å². The Labute approximate surface area is 217 Å². The molecule has 2 amide bonds. The van der Waals surface area contributed by atoms with E-state index in [0.29, 0.717) is 34.3 Å². The van der Waals surface area contributed by atoms with E-state index < -0.39 is 6.04 Å². The maximum Gasteiger partial charge on any atom is 0.261 e. The molecule has 3 rings (SSSR count). The molecule has 0 aliphatic carbocycles. The normalized spacial score (nSPS) is 11.6. The van der Waals surface area contributed by atoms with Gasteiger partial charge in [-0.2, -0.15) is 0 Å². The Hall–Kier alpha value is -3.02. The van der Waals surface area contributed by atoms with Crippen LogP contribution in [0.4, 0.5) is 0 Å². The highest BCUT2D eigenvalue weighted by Gasteiger charge is 2.31. The van der Waals surface area contributed by atoms with Crippen LogP contribution in [0.5, 0.6) is 5.75 Å². The van der Waals surface area contributed by atoms with Crippen molar-refractivity contribution in [2.45, 2.75) is 39.8 Å². The van der Waals surface area contributed by atoms with E-state index in [1.54, 1.807) is 18.2 Å². The molecule has 184 valence electrons. The second-order valence-corrected chi connectivity index (χ2v) is 9.25. The highest BCUT2D eigenvalue weighted by Crippen LogP contribution is 2.27. The number of ether oxygens (including phenoxy) is 1. The summed E-state index contributed by atoms with van der Waals surface area (Å²) in [6, 6.07) is 19.8. The number of aryl methyl sites for hydroxylation is 2. The minimum absolute atomic E-state index is 0.0716. The van der Waals surface area contributed by atoms with Crippen LogP contribution in [0.15, 0.2) is 66.7 Å². The van der Waals surface area contributed by atoms with Crippen molar-refractivity contribution in [2.75, 3.05) is 13.2 Å². The van der Waals surface area contributed by atoms with Crippen LogP contribution in [0.3, 0.4) is 0 Å². The molecule has 0 aliphatic heterocycles. The predicted molar refractivity (Wildman–Crippen MR) is 141 cm³/mol. The first-order chi connectivity index (χ1) is 16.8. The van der Waals surface area contributed by atoms with Crippen LogP contribution in [0.1, 0.15) is 29.2 Å². The first-order valence-corrected chi connectivity index (χ1v) is 12.3.